The van der Waals surface area contributed by atoms with Gasteiger partial charge < -0.3 is 10.1 Å². The van der Waals surface area contributed by atoms with Crippen molar-refractivity contribution in [2.75, 3.05) is 17.1 Å². The Bertz CT molecular complexity index is 1250. The van der Waals surface area contributed by atoms with Gasteiger partial charge >= 0.3 is 5.97 Å². The second-order valence-electron chi connectivity index (χ2n) is 6.25. The van der Waals surface area contributed by atoms with Gasteiger partial charge in [0.25, 0.3) is 15.9 Å². The lowest BCUT2D eigenvalue weighted by molar-refractivity contribution is 0.0600. The average molecular weight is 479 g/mol. The molecule has 0 fully saturated rings. The molecule has 0 aliphatic rings. The average Bonchev–Trinajstić information content (AvgIpc) is 2.75. The van der Waals surface area contributed by atoms with E-state index in [0.29, 0.717) is 0 Å². The highest BCUT2D eigenvalue weighted by Gasteiger charge is 2.17. The van der Waals surface area contributed by atoms with Crippen molar-refractivity contribution in [3.05, 3.63) is 87.9 Å². The number of carbonyl (C=O) groups is 2. The number of benzene rings is 3. The summed E-state index contributed by atoms with van der Waals surface area (Å²) < 4.78 is 31.9. The fraction of sp³-hybridized carbons (Fsp3) is 0.0476. The topological polar surface area (TPSA) is 102 Å². The first-order valence-electron chi connectivity index (χ1n) is 8.78. The van der Waals surface area contributed by atoms with E-state index in [9.17, 15) is 18.0 Å². The minimum absolute atomic E-state index is 0.0195. The van der Waals surface area contributed by atoms with Crippen molar-refractivity contribution >= 4 is 56.5 Å². The molecule has 0 spiro atoms. The van der Waals surface area contributed by atoms with Crippen LogP contribution in [0.2, 0.25) is 10.0 Å². The molecule has 2 N–H and O–H groups in total. The smallest absolute Gasteiger partial charge is 0.337 e. The molecule has 0 aliphatic heterocycles. The predicted octanol–water partition coefficient (Wildman–Crippen LogP) is 4.83. The first-order valence-corrected chi connectivity index (χ1v) is 11.0. The Morgan fingerprint density at radius 2 is 1.61 bits per heavy atom. The quantitative estimate of drug-likeness (QED) is 0.493. The molecule has 0 bridgehead atoms. The number of halogens is 2. The fourth-order valence-electron chi connectivity index (χ4n) is 2.63. The van der Waals surface area contributed by atoms with Gasteiger partial charge in [-0.3, -0.25) is 9.52 Å². The Kier molecular flexibility index (Phi) is 6.84. The van der Waals surface area contributed by atoms with E-state index >= 15 is 0 Å². The van der Waals surface area contributed by atoms with Gasteiger partial charge in [0, 0.05) is 0 Å². The molecular weight excluding hydrogens is 463 g/mol. The highest BCUT2D eigenvalue weighted by atomic mass is 35.5. The summed E-state index contributed by atoms with van der Waals surface area (Å²) in [5.41, 5.74) is 0.679. The molecule has 31 heavy (non-hydrogen) atoms. The fourth-order valence-corrected chi connectivity index (χ4v) is 4.13. The normalized spacial score (nSPS) is 10.9. The summed E-state index contributed by atoms with van der Waals surface area (Å²) in [4.78, 5) is 24.4. The Hall–Kier alpha value is -3.07. The van der Waals surface area contributed by atoms with E-state index in [-0.39, 0.29) is 37.4 Å². The van der Waals surface area contributed by atoms with E-state index in [0.717, 1.165) is 0 Å². The number of sulfonamides is 1. The molecule has 0 unspecified atom stereocenters. The number of esters is 1. The van der Waals surface area contributed by atoms with Crippen molar-refractivity contribution in [1.29, 1.82) is 0 Å². The number of hydrogen-bond donors (Lipinski definition) is 2. The third kappa shape index (κ3) is 5.35. The minimum atomic E-state index is -3.80. The molecule has 160 valence electrons. The molecule has 3 aromatic carbocycles. The first kappa shape index (κ1) is 22.6. The van der Waals surface area contributed by atoms with Crippen molar-refractivity contribution in [2.24, 2.45) is 0 Å². The van der Waals surface area contributed by atoms with Gasteiger partial charge in [0.2, 0.25) is 0 Å². The van der Waals surface area contributed by atoms with E-state index in [2.05, 4.69) is 14.8 Å². The maximum Gasteiger partial charge on any atom is 0.337 e. The summed E-state index contributed by atoms with van der Waals surface area (Å²) in [7, 11) is -2.56. The molecule has 0 aromatic heterocycles. The van der Waals surface area contributed by atoms with Crippen LogP contribution >= 0.6 is 23.2 Å². The van der Waals surface area contributed by atoms with Gasteiger partial charge in [0.05, 0.1) is 44.6 Å². The summed E-state index contributed by atoms with van der Waals surface area (Å²) in [6, 6.07) is 16.2. The van der Waals surface area contributed by atoms with Crippen LogP contribution in [0.4, 0.5) is 11.4 Å². The molecule has 0 saturated carbocycles. The maximum absolute atomic E-state index is 12.6. The summed E-state index contributed by atoms with van der Waals surface area (Å²) in [6.45, 7) is 0. The highest BCUT2D eigenvalue weighted by molar-refractivity contribution is 7.92. The Balaban J connectivity index is 1.80. The van der Waals surface area contributed by atoms with Crippen molar-refractivity contribution in [3.8, 4) is 0 Å². The Morgan fingerprint density at radius 3 is 2.26 bits per heavy atom. The predicted molar refractivity (Wildman–Crippen MR) is 119 cm³/mol. The molecule has 0 atom stereocenters. The molecule has 0 radical (unpaired) electrons. The number of methoxy groups -OCH3 is 1. The molecule has 0 aliphatic carbocycles. The molecule has 7 nitrogen and oxygen atoms in total. The van der Waals surface area contributed by atoms with Crippen LogP contribution in [0.5, 0.6) is 0 Å². The van der Waals surface area contributed by atoms with Crippen LogP contribution in [0.15, 0.2) is 71.6 Å². The number of ether oxygens (including phenoxy) is 1. The zero-order valence-corrected chi connectivity index (χ0v) is 18.4. The third-order valence-corrected chi connectivity index (χ3v) is 6.19. The van der Waals surface area contributed by atoms with Gasteiger partial charge in [-0.1, -0.05) is 41.4 Å². The van der Waals surface area contributed by atoms with Gasteiger partial charge in [0.1, 0.15) is 0 Å². The van der Waals surface area contributed by atoms with Crippen LogP contribution < -0.4 is 10.0 Å². The van der Waals surface area contributed by atoms with Crippen LogP contribution in [0.25, 0.3) is 0 Å². The van der Waals surface area contributed by atoms with Gasteiger partial charge in [-0.05, 0) is 48.5 Å². The number of anilines is 2. The number of amides is 1. The van der Waals surface area contributed by atoms with Gasteiger partial charge in [-0.2, -0.15) is 0 Å². The van der Waals surface area contributed by atoms with E-state index in [1.807, 2.05) is 0 Å². The molecule has 10 heteroatoms. The standard InChI is InChI=1S/C21H16Cl2N2O5S/c1-30-21(27)13-7-10-17(22)19(11-13)24-20(26)16-9-8-14(12-18(16)23)25-31(28,29)15-5-3-2-4-6-15/h2-12,25H,1H3,(H,24,26). The van der Waals surface area contributed by atoms with Gasteiger partial charge in [-0.15, -0.1) is 0 Å². The first-order chi connectivity index (χ1) is 14.7. The van der Waals surface area contributed by atoms with E-state index < -0.39 is 21.9 Å². The maximum atomic E-state index is 12.6. The molecule has 0 saturated heterocycles. The Morgan fingerprint density at radius 1 is 0.903 bits per heavy atom. The Labute approximate surface area is 189 Å². The van der Waals surface area contributed by atoms with Crippen molar-refractivity contribution in [2.45, 2.75) is 4.90 Å². The van der Waals surface area contributed by atoms with Crippen LogP contribution in [0, 0.1) is 0 Å². The molecular formula is C21H16Cl2N2O5S. The summed E-state index contributed by atoms with van der Waals surface area (Å²) >= 11 is 12.3. The van der Waals surface area contributed by atoms with E-state index in [4.69, 9.17) is 23.2 Å². The largest absolute Gasteiger partial charge is 0.465 e. The van der Waals surface area contributed by atoms with Crippen molar-refractivity contribution < 1.29 is 22.7 Å². The third-order valence-electron chi connectivity index (χ3n) is 4.16. The number of nitrogens with one attached hydrogen (secondary N) is 2. The summed E-state index contributed by atoms with van der Waals surface area (Å²) in [6.07, 6.45) is 0. The second kappa shape index (κ2) is 9.38. The number of carbonyl (C=O) groups excluding carboxylic acids is 2. The molecule has 0 heterocycles. The van der Waals surface area contributed by atoms with Crippen LogP contribution in [-0.2, 0) is 14.8 Å². The second-order valence-corrected chi connectivity index (χ2v) is 8.75. The molecule has 3 rings (SSSR count). The lowest BCUT2D eigenvalue weighted by atomic mass is 10.1. The van der Waals surface area contributed by atoms with Crippen molar-refractivity contribution in [3.63, 3.8) is 0 Å². The van der Waals surface area contributed by atoms with E-state index in [1.54, 1.807) is 18.2 Å². The van der Waals surface area contributed by atoms with Crippen LogP contribution in [-0.4, -0.2) is 27.4 Å². The van der Waals surface area contributed by atoms with E-state index in [1.165, 1.54) is 55.6 Å². The highest BCUT2D eigenvalue weighted by Crippen LogP contribution is 2.27. The summed E-state index contributed by atoms with van der Waals surface area (Å²) in [5.74, 6) is -1.17. The van der Waals surface area contributed by atoms with Gasteiger partial charge in [-0.25, -0.2) is 13.2 Å². The zero-order chi connectivity index (χ0) is 22.6. The number of hydrogen-bond acceptors (Lipinski definition) is 5. The monoisotopic (exact) mass is 478 g/mol. The number of rotatable bonds is 6. The van der Waals surface area contributed by atoms with Crippen molar-refractivity contribution in [1.82, 2.24) is 0 Å². The lowest BCUT2D eigenvalue weighted by Crippen LogP contribution is -2.15. The van der Waals surface area contributed by atoms with Crippen LogP contribution in [0.3, 0.4) is 0 Å². The molecule has 3 aromatic rings. The summed E-state index contributed by atoms with van der Waals surface area (Å²) in [5, 5.41) is 2.81. The zero-order valence-electron chi connectivity index (χ0n) is 16.1. The molecule has 1 amide bonds. The SMILES string of the molecule is COC(=O)c1ccc(Cl)c(NC(=O)c2ccc(NS(=O)(=O)c3ccccc3)cc2Cl)c1. The lowest BCUT2D eigenvalue weighted by Gasteiger charge is -2.12. The minimum Gasteiger partial charge on any atom is -0.465 e. The van der Waals surface area contributed by atoms with Crippen LogP contribution in [0.1, 0.15) is 20.7 Å². The van der Waals surface area contributed by atoms with Gasteiger partial charge in [0.15, 0.2) is 0 Å².